The lowest BCUT2D eigenvalue weighted by molar-refractivity contribution is -0.137. The summed E-state index contributed by atoms with van der Waals surface area (Å²) in [6.45, 7) is 4.48. The van der Waals surface area contributed by atoms with Crippen molar-refractivity contribution >= 4 is 34.4 Å². The van der Waals surface area contributed by atoms with Gasteiger partial charge >= 0.3 is 6.18 Å². The summed E-state index contributed by atoms with van der Waals surface area (Å²) >= 11 is 7.23. The number of nitrogens with one attached hydrogen (secondary N) is 1. The lowest BCUT2D eigenvalue weighted by atomic mass is 10.2. The third-order valence-corrected chi connectivity index (χ3v) is 6.26. The Bertz CT molecular complexity index is 770. The van der Waals surface area contributed by atoms with Crippen molar-refractivity contribution in [3.05, 3.63) is 52.2 Å². The zero-order chi connectivity index (χ0) is 20.7. The number of thiocarbonyl (C=S) groups is 1. The smallest absolute Gasteiger partial charge is 0.343 e. The Morgan fingerprint density at radius 2 is 1.86 bits per heavy atom. The van der Waals surface area contributed by atoms with E-state index in [0.29, 0.717) is 17.3 Å². The molecule has 1 aliphatic rings. The van der Waals surface area contributed by atoms with Crippen molar-refractivity contribution in [3.63, 3.8) is 0 Å². The molecule has 0 amide bonds. The van der Waals surface area contributed by atoms with Crippen molar-refractivity contribution in [3.8, 4) is 0 Å². The van der Waals surface area contributed by atoms with Crippen molar-refractivity contribution in [2.24, 2.45) is 0 Å². The number of likely N-dealkylation sites (tertiary alicyclic amines) is 1. The average molecular weight is 442 g/mol. The third kappa shape index (κ3) is 6.97. The summed E-state index contributed by atoms with van der Waals surface area (Å²) in [5.41, 5.74) is -0.324. The molecule has 2 aromatic rings. The lowest BCUT2D eigenvalue weighted by Gasteiger charge is -2.29. The summed E-state index contributed by atoms with van der Waals surface area (Å²) in [4.78, 5) is 5.68. The van der Waals surface area contributed by atoms with Gasteiger partial charge in [-0.2, -0.15) is 13.2 Å². The fourth-order valence-corrected chi connectivity index (χ4v) is 4.43. The van der Waals surface area contributed by atoms with E-state index < -0.39 is 11.7 Å². The highest BCUT2D eigenvalue weighted by Gasteiger charge is 2.30. The summed E-state index contributed by atoms with van der Waals surface area (Å²) < 4.78 is 39.0. The highest BCUT2D eigenvalue weighted by Crippen LogP contribution is 2.30. The number of nitrogens with zero attached hydrogens (tertiary/aromatic N) is 2. The van der Waals surface area contributed by atoms with E-state index in [1.165, 1.54) is 36.6 Å². The molecule has 1 aliphatic heterocycles. The first kappa shape index (κ1) is 22.1. The molecular weight excluding hydrogens is 415 g/mol. The molecule has 3 rings (SSSR count). The van der Waals surface area contributed by atoms with Crippen LogP contribution in [0.25, 0.3) is 0 Å². The molecule has 0 saturated carbocycles. The number of hydrogen-bond acceptors (Lipinski definition) is 3. The van der Waals surface area contributed by atoms with Crippen LogP contribution in [0.3, 0.4) is 0 Å². The van der Waals surface area contributed by atoms with Gasteiger partial charge in [0.25, 0.3) is 0 Å². The molecule has 0 aliphatic carbocycles. The molecule has 3 nitrogen and oxygen atoms in total. The Morgan fingerprint density at radius 1 is 1.10 bits per heavy atom. The van der Waals surface area contributed by atoms with Crippen molar-refractivity contribution in [2.75, 3.05) is 31.5 Å². The molecule has 0 bridgehead atoms. The van der Waals surface area contributed by atoms with Crippen LogP contribution in [0.5, 0.6) is 0 Å². The lowest BCUT2D eigenvalue weighted by Crippen LogP contribution is -2.40. The molecule has 8 heteroatoms. The summed E-state index contributed by atoms with van der Waals surface area (Å²) in [7, 11) is 0. The second-order valence-electron chi connectivity index (χ2n) is 7.27. The van der Waals surface area contributed by atoms with Gasteiger partial charge in [-0.15, -0.1) is 11.3 Å². The van der Waals surface area contributed by atoms with E-state index in [-0.39, 0.29) is 0 Å². The van der Waals surface area contributed by atoms with Gasteiger partial charge in [-0.25, -0.2) is 0 Å². The fourth-order valence-electron chi connectivity index (χ4n) is 3.44. The molecule has 1 N–H and O–H groups in total. The minimum absolute atomic E-state index is 0.357. The highest BCUT2D eigenvalue weighted by atomic mass is 32.1. The van der Waals surface area contributed by atoms with Gasteiger partial charge in [0.15, 0.2) is 5.11 Å². The van der Waals surface area contributed by atoms with Gasteiger partial charge in [0.2, 0.25) is 0 Å². The van der Waals surface area contributed by atoms with E-state index in [2.05, 4.69) is 16.3 Å². The predicted octanol–water partition coefficient (Wildman–Crippen LogP) is 5.84. The van der Waals surface area contributed by atoms with Crippen LogP contribution in [0.15, 0.2) is 41.8 Å². The Hall–Kier alpha value is -1.64. The van der Waals surface area contributed by atoms with Gasteiger partial charge in [-0.05, 0) is 67.8 Å². The summed E-state index contributed by atoms with van der Waals surface area (Å²) in [5, 5.41) is 5.48. The van der Waals surface area contributed by atoms with E-state index in [9.17, 15) is 13.2 Å². The van der Waals surface area contributed by atoms with Crippen LogP contribution in [0, 0.1) is 0 Å². The molecule has 158 valence electrons. The number of halogens is 3. The van der Waals surface area contributed by atoms with Crippen LogP contribution in [0.2, 0.25) is 0 Å². The monoisotopic (exact) mass is 441 g/mol. The van der Waals surface area contributed by atoms with Gasteiger partial charge < -0.3 is 15.1 Å². The van der Waals surface area contributed by atoms with Gasteiger partial charge in [-0.3, -0.25) is 0 Å². The van der Waals surface area contributed by atoms with E-state index in [1.54, 1.807) is 17.4 Å². The Kier molecular flexibility index (Phi) is 7.91. The molecule has 2 heterocycles. The maximum absolute atomic E-state index is 13.0. The van der Waals surface area contributed by atoms with Gasteiger partial charge in [0, 0.05) is 23.7 Å². The molecule has 0 spiro atoms. The number of hydrogen-bond donors (Lipinski definition) is 1. The summed E-state index contributed by atoms with van der Waals surface area (Å²) in [5.74, 6) is 0. The summed E-state index contributed by atoms with van der Waals surface area (Å²) in [6, 6.07) is 9.22. The van der Waals surface area contributed by atoms with Gasteiger partial charge in [0.1, 0.15) is 0 Å². The van der Waals surface area contributed by atoms with Crippen molar-refractivity contribution in [1.82, 2.24) is 9.80 Å². The van der Waals surface area contributed by atoms with Crippen LogP contribution in [-0.4, -0.2) is 41.1 Å². The van der Waals surface area contributed by atoms with E-state index >= 15 is 0 Å². The molecule has 0 radical (unpaired) electrons. The van der Waals surface area contributed by atoms with E-state index in [4.69, 9.17) is 12.2 Å². The fraction of sp³-hybridized carbons (Fsp3) is 0.476. The molecule has 0 atom stereocenters. The number of rotatable bonds is 6. The topological polar surface area (TPSA) is 18.5 Å². The van der Waals surface area contributed by atoms with Crippen molar-refractivity contribution in [2.45, 2.75) is 38.4 Å². The van der Waals surface area contributed by atoms with Crippen LogP contribution >= 0.6 is 23.6 Å². The molecular formula is C21H26F3N3S2. The zero-order valence-corrected chi connectivity index (χ0v) is 17.9. The number of thiophene rings is 1. The first-order valence-corrected chi connectivity index (χ1v) is 11.2. The standard InChI is InChI=1S/C21H26F3N3S2/c22-21(23,24)17-7-5-8-18(15-17)25-20(28)27(16-19-9-6-14-29-19)13-12-26-10-3-1-2-4-11-26/h5-9,14-15H,1-4,10-13,16H2,(H,25,28). The molecule has 29 heavy (non-hydrogen) atoms. The first-order valence-electron chi connectivity index (χ1n) is 9.90. The second kappa shape index (κ2) is 10.4. The Morgan fingerprint density at radius 3 is 2.52 bits per heavy atom. The predicted molar refractivity (Wildman–Crippen MR) is 117 cm³/mol. The number of alkyl halides is 3. The minimum Gasteiger partial charge on any atom is -0.343 e. The van der Waals surface area contributed by atoms with Crippen LogP contribution < -0.4 is 5.32 Å². The normalized spacial score (nSPS) is 15.7. The highest BCUT2D eigenvalue weighted by molar-refractivity contribution is 7.80. The molecule has 1 saturated heterocycles. The van der Waals surface area contributed by atoms with Crippen LogP contribution in [0.4, 0.5) is 18.9 Å². The zero-order valence-electron chi connectivity index (χ0n) is 16.3. The van der Waals surface area contributed by atoms with Crippen LogP contribution in [-0.2, 0) is 12.7 Å². The minimum atomic E-state index is -4.37. The SMILES string of the molecule is FC(F)(F)c1cccc(NC(=S)N(CCN2CCCCCC2)Cc2cccs2)c1. The quantitative estimate of drug-likeness (QED) is 0.567. The maximum atomic E-state index is 13.0. The maximum Gasteiger partial charge on any atom is 0.416 e. The van der Waals surface area contributed by atoms with Crippen molar-refractivity contribution < 1.29 is 13.2 Å². The van der Waals surface area contributed by atoms with E-state index in [0.717, 1.165) is 38.3 Å². The Labute approximate surface area is 179 Å². The molecule has 1 aromatic carbocycles. The average Bonchev–Trinajstić information content (AvgIpc) is 3.06. The second-order valence-corrected chi connectivity index (χ2v) is 8.68. The number of benzene rings is 1. The van der Waals surface area contributed by atoms with E-state index in [1.807, 2.05) is 16.3 Å². The third-order valence-electron chi connectivity index (χ3n) is 5.04. The van der Waals surface area contributed by atoms with Crippen molar-refractivity contribution in [1.29, 1.82) is 0 Å². The molecule has 1 fully saturated rings. The molecule has 1 aromatic heterocycles. The first-order chi connectivity index (χ1) is 13.9. The number of anilines is 1. The summed E-state index contributed by atoms with van der Waals surface area (Å²) in [6.07, 6.45) is 0.633. The van der Waals surface area contributed by atoms with Crippen LogP contribution in [0.1, 0.15) is 36.1 Å². The molecule has 0 unspecified atom stereocenters. The van der Waals surface area contributed by atoms with Gasteiger partial charge in [-0.1, -0.05) is 25.0 Å². The van der Waals surface area contributed by atoms with Gasteiger partial charge in [0.05, 0.1) is 12.1 Å². The largest absolute Gasteiger partial charge is 0.416 e. The Balaban J connectivity index is 1.66.